The summed E-state index contributed by atoms with van der Waals surface area (Å²) in [5.41, 5.74) is 0. The molecule has 0 aliphatic carbocycles. The van der Waals surface area contributed by atoms with Gasteiger partial charge in [0.1, 0.15) is 0 Å². The maximum Gasteiger partial charge on any atom is 0.303 e. The van der Waals surface area contributed by atoms with E-state index in [0.29, 0.717) is 0 Å². The molecule has 0 atom stereocenters. The van der Waals surface area contributed by atoms with Gasteiger partial charge in [-0.15, -0.1) is 0 Å². The Labute approximate surface area is 34.3 Å². The van der Waals surface area contributed by atoms with E-state index in [2.05, 4.69) is 0 Å². The highest BCUT2D eigenvalue weighted by molar-refractivity contribution is 4.34. The Morgan fingerprint density at radius 3 is 1.50 bits per heavy atom. The average molecular weight is 93.1 g/mol. The molecule has 6 heavy (non-hydrogen) atoms. The molecule has 0 aromatic rings. The SMILES string of the molecule is [O]CC(O)(O)O. The molecule has 1 radical (unpaired) electrons. The maximum absolute atomic E-state index is 9.20. The third kappa shape index (κ3) is 3.84. The van der Waals surface area contributed by atoms with E-state index in [1.54, 1.807) is 0 Å². The molecule has 0 spiro atoms. The Kier molecular flexibility index (Phi) is 1.48. The minimum absolute atomic E-state index is 1.31. The molecule has 0 aliphatic heterocycles. The number of hydrogen-bond acceptors (Lipinski definition) is 3. The molecule has 4 heteroatoms. The Morgan fingerprint density at radius 2 is 1.50 bits per heavy atom. The highest BCUT2D eigenvalue weighted by Crippen LogP contribution is 1.85. The van der Waals surface area contributed by atoms with Crippen LogP contribution >= 0.6 is 0 Å². The molecule has 0 fully saturated rings. The molecule has 0 bridgehead atoms. The lowest BCUT2D eigenvalue weighted by atomic mass is 10.6. The van der Waals surface area contributed by atoms with Gasteiger partial charge in [0, 0.05) is 0 Å². The van der Waals surface area contributed by atoms with Crippen molar-refractivity contribution < 1.29 is 20.4 Å². The van der Waals surface area contributed by atoms with Crippen molar-refractivity contribution in [2.45, 2.75) is 5.97 Å². The molecule has 0 amide bonds. The van der Waals surface area contributed by atoms with Crippen LogP contribution in [0.4, 0.5) is 0 Å². The van der Waals surface area contributed by atoms with E-state index < -0.39 is 12.6 Å². The zero-order valence-corrected chi connectivity index (χ0v) is 2.96. The smallest absolute Gasteiger partial charge is 0.303 e. The molecular formula is C2H5O4. The zero-order chi connectivity index (χ0) is 5.21. The van der Waals surface area contributed by atoms with Crippen molar-refractivity contribution in [3.8, 4) is 0 Å². The van der Waals surface area contributed by atoms with E-state index in [0.717, 1.165) is 0 Å². The van der Waals surface area contributed by atoms with Gasteiger partial charge in [0.15, 0.2) is 6.61 Å². The summed E-state index contributed by atoms with van der Waals surface area (Å²) < 4.78 is 0. The fraction of sp³-hybridized carbons (Fsp3) is 1.00. The monoisotopic (exact) mass is 93.0 g/mol. The summed E-state index contributed by atoms with van der Waals surface area (Å²) in [6.07, 6.45) is 0. The van der Waals surface area contributed by atoms with Gasteiger partial charge in [-0.05, 0) is 0 Å². The first kappa shape index (κ1) is 5.84. The lowest BCUT2D eigenvalue weighted by Crippen LogP contribution is -2.30. The average Bonchev–Trinajstić information content (AvgIpc) is 1.35. The van der Waals surface area contributed by atoms with Crippen LogP contribution < -0.4 is 0 Å². The summed E-state index contributed by atoms with van der Waals surface area (Å²) in [7, 11) is 0. The minimum atomic E-state index is -3.01. The molecule has 0 saturated heterocycles. The van der Waals surface area contributed by atoms with Crippen LogP contribution in [-0.4, -0.2) is 27.9 Å². The molecular weight excluding hydrogens is 88.0 g/mol. The van der Waals surface area contributed by atoms with Crippen molar-refractivity contribution >= 4 is 0 Å². The maximum atomic E-state index is 9.20. The van der Waals surface area contributed by atoms with Gasteiger partial charge in [-0.25, -0.2) is 5.11 Å². The normalized spacial score (nSPS) is 12.0. The Bertz CT molecular complexity index is 35.3. The molecule has 0 unspecified atom stereocenters. The third-order valence-electron chi connectivity index (χ3n) is 0.194. The number of hydrogen-bond donors (Lipinski definition) is 3. The topological polar surface area (TPSA) is 80.6 Å². The van der Waals surface area contributed by atoms with Crippen molar-refractivity contribution in [2.24, 2.45) is 0 Å². The van der Waals surface area contributed by atoms with Crippen LogP contribution in [0.15, 0.2) is 0 Å². The molecule has 0 aromatic heterocycles. The zero-order valence-electron chi connectivity index (χ0n) is 2.96. The standard InChI is InChI=1S/C2H5O4/c3-1-2(4,5)6/h4-6H,1H2. The van der Waals surface area contributed by atoms with Gasteiger partial charge < -0.3 is 15.3 Å². The predicted molar refractivity (Wildman–Crippen MR) is 14.9 cm³/mol. The van der Waals surface area contributed by atoms with E-state index in [-0.39, 0.29) is 0 Å². The van der Waals surface area contributed by atoms with Crippen LogP contribution in [0.5, 0.6) is 0 Å². The summed E-state index contributed by atoms with van der Waals surface area (Å²) in [5, 5.41) is 32.1. The first-order chi connectivity index (χ1) is 2.56. The van der Waals surface area contributed by atoms with E-state index in [4.69, 9.17) is 15.3 Å². The molecule has 4 nitrogen and oxygen atoms in total. The molecule has 0 aromatic carbocycles. The highest BCUT2D eigenvalue weighted by atomic mass is 16.7. The Morgan fingerprint density at radius 1 is 1.33 bits per heavy atom. The minimum Gasteiger partial charge on any atom is -0.342 e. The third-order valence-corrected chi connectivity index (χ3v) is 0.194. The summed E-state index contributed by atoms with van der Waals surface area (Å²) >= 11 is 0. The fourth-order valence-corrected chi connectivity index (χ4v) is 0. The van der Waals surface area contributed by atoms with Crippen LogP contribution in [-0.2, 0) is 5.11 Å². The Hall–Kier alpha value is -0.160. The second-order valence-electron chi connectivity index (χ2n) is 0.919. The van der Waals surface area contributed by atoms with E-state index >= 15 is 0 Å². The van der Waals surface area contributed by atoms with Crippen molar-refractivity contribution in [3.63, 3.8) is 0 Å². The summed E-state index contributed by atoms with van der Waals surface area (Å²) in [4.78, 5) is 0. The second kappa shape index (κ2) is 1.53. The first-order valence-electron chi connectivity index (χ1n) is 1.31. The highest BCUT2D eigenvalue weighted by Gasteiger charge is 2.15. The molecule has 37 valence electrons. The van der Waals surface area contributed by atoms with Crippen LogP contribution in [0.1, 0.15) is 0 Å². The van der Waals surface area contributed by atoms with Gasteiger partial charge >= 0.3 is 5.97 Å². The van der Waals surface area contributed by atoms with Crippen molar-refractivity contribution in [1.29, 1.82) is 0 Å². The molecule has 0 aliphatic rings. The fourth-order valence-electron chi connectivity index (χ4n) is 0. The lowest BCUT2D eigenvalue weighted by molar-refractivity contribution is -0.333. The van der Waals surface area contributed by atoms with E-state index in [1.807, 2.05) is 0 Å². The van der Waals surface area contributed by atoms with Crippen LogP contribution in [0.3, 0.4) is 0 Å². The molecule has 3 N–H and O–H groups in total. The van der Waals surface area contributed by atoms with Crippen molar-refractivity contribution in [2.75, 3.05) is 6.61 Å². The van der Waals surface area contributed by atoms with E-state index in [1.165, 1.54) is 0 Å². The molecule has 0 heterocycles. The van der Waals surface area contributed by atoms with Gasteiger partial charge in [0.05, 0.1) is 0 Å². The second-order valence-corrected chi connectivity index (χ2v) is 0.919. The van der Waals surface area contributed by atoms with Gasteiger partial charge in [-0.3, -0.25) is 0 Å². The van der Waals surface area contributed by atoms with Crippen LogP contribution in [0.25, 0.3) is 0 Å². The summed E-state index contributed by atoms with van der Waals surface area (Å²) in [5.74, 6) is -3.01. The van der Waals surface area contributed by atoms with Gasteiger partial charge in [0.2, 0.25) is 0 Å². The summed E-state index contributed by atoms with van der Waals surface area (Å²) in [6.45, 7) is -1.31. The van der Waals surface area contributed by atoms with Gasteiger partial charge in [-0.2, -0.15) is 0 Å². The van der Waals surface area contributed by atoms with Gasteiger partial charge in [-0.1, -0.05) is 0 Å². The quantitative estimate of drug-likeness (QED) is 0.329. The Balaban J connectivity index is 3.17. The summed E-state index contributed by atoms with van der Waals surface area (Å²) in [6, 6.07) is 0. The predicted octanol–water partition coefficient (Wildman–Crippen LogP) is -1.95. The van der Waals surface area contributed by atoms with Crippen LogP contribution in [0, 0.1) is 0 Å². The van der Waals surface area contributed by atoms with Gasteiger partial charge in [0.25, 0.3) is 0 Å². The van der Waals surface area contributed by atoms with E-state index in [9.17, 15) is 5.11 Å². The molecule has 0 saturated carbocycles. The van der Waals surface area contributed by atoms with Crippen LogP contribution in [0.2, 0.25) is 0 Å². The number of aliphatic hydroxyl groups is 3. The first-order valence-corrected chi connectivity index (χ1v) is 1.31. The molecule has 0 rings (SSSR count). The van der Waals surface area contributed by atoms with Crippen molar-refractivity contribution in [1.82, 2.24) is 0 Å². The largest absolute Gasteiger partial charge is 0.342 e. The number of rotatable bonds is 1. The van der Waals surface area contributed by atoms with Crippen molar-refractivity contribution in [3.05, 3.63) is 0 Å². The lowest BCUT2D eigenvalue weighted by Gasteiger charge is -2.05.